The molecule has 0 fully saturated rings. The molecule has 0 unspecified atom stereocenters. The number of hydrogen-bond donors (Lipinski definition) is 1. The van der Waals surface area contributed by atoms with Gasteiger partial charge in [0, 0.05) is 32.0 Å². The second-order valence-electron chi connectivity index (χ2n) is 7.23. The number of methoxy groups -OCH3 is 1. The fraction of sp³-hybridized carbons (Fsp3) is 0.333. The third-order valence-corrected chi connectivity index (χ3v) is 4.81. The number of hydrogen-bond acceptors (Lipinski definition) is 5. The number of carbonyl (C=O) groups excluding carboxylic acids is 2. The van der Waals surface area contributed by atoms with Crippen molar-refractivity contribution in [2.45, 2.75) is 26.7 Å². The highest BCUT2D eigenvalue weighted by Gasteiger charge is 2.38. The van der Waals surface area contributed by atoms with Crippen LogP contribution in [0.2, 0.25) is 0 Å². The number of nitrogens with zero attached hydrogens (tertiary/aromatic N) is 1. The number of imide groups is 1. The Labute approximate surface area is 177 Å². The number of rotatable bonds is 10. The number of ether oxygens (including phenoxy) is 2. The molecule has 2 aromatic rings. The SMILES string of the molecule is CCCOc1cccc(NC2=C(c3ccc(C)cc3)C(=O)N(CCCOC)C2=O)c1. The van der Waals surface area contributed by atoms with Gasteiger partial charge in [-0.15, -0.1) is 0 Å². The van der Waals surface area contributed by atoms with E-state index in [2.05, 4.69) is 5.32 Å². The summed E-state index contributed by atoms with van der Waals surface area (Å²) in [5, 5.41) is 3.18. The van der Waals surface area contributed by atoms with Crippen LogP contribution >= 0.6 is 0 Å². The lowest BCUT2D eigenvalue weighted by atomic mass is 10.0. The number of carbonyl (C=O) groups is 2. The molecule has 1 heterocycles. The molecule has 0 bridgehead atoms. The maximum Gasteiger partial charge on any atom is 0.278 e. The van der Waals surface area contributed by atoms with E-state index < -0.39 is 0 Å². The van der Waals surface area contributed by atoms with Gasteiger partial charge in [0.05, 0.1) is 12.2 Å². The first-order valence-electron chi connectivity index (χ1n) is 10.2. The minimum atomic E-state index is -0.327. The van der Waals surface area contributed by atoms with Crippen LogP contribution in [0.15, 0.2) is 54.2 Å². The van der Waals surface area contributed by atoms with E-state index in [0.29, 0.717) is 48.8 Å². The molecular formula is C24H28N2O4. The first-order chi connectivity index (χ1) is 14.5. The van der Waals surface area contributed by atoms with Gasteiger partial charge in [-0.3, -0.25) is 14.5 Å². The van der Waals surface area contributed by atoms with E-state index in [4.69, 9.17) is 9.47 Å². The number of anilines is 1. The summed E-state index contributed by atoms with van der Waals surface area (Å²) in [4.78, 5) is 27.6. The van der Waals surface area contributed by atoms with Gasteiger partial charge in [-0.25, -0.2) is 0 Å². The molecule has 6 heteroatoms. The van der Waals surface area contributed by atoms with Gasteiger partial charge in [0.15, 0.2) is 0 Å². The molecule has 30 heavy (non-hydrogen) atoms. The number of aryl methyl sites for hydroxylation is 1. The van der Waals surface area contributed by atoms with Crippen LogP contribution in [0.1, 0.15) is 30.9 Å². The molecule has 2 amide bonds. The van der Waals surface area contributed by atoms with Crippen LogP contribution in [0.4, 0.5) is 5.69 Å². The molecule has 0 aliphatic carbocycles. The first kappa shape index (κ1) is 21.6. The van der Waals surface area contributed by atoms with E-state index in [0.717, 1.165) is 12.0 Å². The van der Waals surface area contributed by atoms with Crippen molar-refractivity contribution in [2.24, 2.45) is 0 Å². The van der Waals surface area contributed by atoms with Gasteiger partial charge < -0.3 is 14.8 Å². The summed E-state index contributed by atoms with van der Waals surface area (Å²) in [7, 11) is 1.60. The van der Waals surface area contributed by atoms with E-state index in [1.807, 2.05) is 62.4 Å². The van der Waals surface area contributed by atoms with Gasteiger partial charge in [0.2, 0.25) is 0 Å². The van der Waals surface area contributed by atoms with Gasteiger partial charge in [-0.2, -0.15) is 0 Å². The van der Waals surface area contributed by atoms with Gasteiger partial charge in [0.1, 0.15) is 11.4 Å². The second-order valence-corrected chi connectivity index (χ2v) is 7.23. The highest BCUT2D eigenvalue weighted by atomic mass is 16.5. The van der Waals surface area contributed by atoms with Crippen LogP contribution in [0.3, 0.4) is 0 Å². The fourth-order valence-electron chi connectivity index (χ4n) is 3.28. The van der Waals surface area contributed by atoms with Gasteiger partial charge in [0.25, 0.3) is 11.8 Å². The normalized spacial score (nSPS) is 13.9. The van der Waals surface area contributed by atoms with E-state index in [-0.39, 0.29) is 17.5 Å². The zero-order valence-corrected chi connectivity index (χ0v) is 17.7. The molecule has 0 radical (unpaired) electrons. The fourth-order valence-corrected chi connectivity index (χ4v) is 3.28. The van der Waals surface area contributed by atoms with E-state index >= 15 is 0 Å². The molecule has 0 aromatic heterocycles. The Kier molecular flexibility index (Phi) is 7.25. The highest BCUT2D eigenvalue weighted by Crippen LogP contribution is 2.31. The third-order valence-electron chi connectivity index (χ3n) is 4.81. The van der Waals surface area contributed by atoms with E-state index in [1.54, 1.807) is 7.11 Å². The van der Waals surface area contributed by atoms with Crippen molar-refractivity contribution in [1.82, 2.24) is 4.90 Å². The quantitative estimate of drug-likeness (QED) is 0.475. The molecule has 0 saturated heterocycles. The summed E-state index contributed by atoms with van der Waals surface area (Å²) in [6.07, 6.45) is 1.49. The van der Waals surface area contributed by atoms with E-state index in [9.17, 15) is 9.59 Å². The highest BCUT2D eigenvalue weighted by molar-refractivity contribution is 6.36. The smallest absolute Gasteiger partial charge is 0.278 e. The summed E-state index contributed by atoms with van der Waals surface area (Å²) in [5.41, 5.74) is 3.17. The Hall–Kier alpha value is -3.12. The van der Waals surface area contributed by atoms with Gasteiger partial charge in [-0.05, 0) is 37.5 Å². The van der Waals surface area contributed by atoms with Crippen molar-refractivity contribution in [2.75, 3.05) is 32.2 Å². The topological polar surface area (TPSA) is 67.9 Å². The zero-order chi connectivity index (χ0) is 21.5. The molecule has 0 saturated carbocycles. The minimum absolute atomic E-state index is 0.286. The first-order valence-corrected chi connectivity index (χ1v) is 10.2. The zero-order valence-electron chi connectivity index (χ0n) is 17.7. The van der Waals surface area contributed by atoms with Crippen LogP contribution in [-0.4, -0.2) is 43.6 Å². The van der Waals surface area contributed by atoms with Gasteiger partial charge >= 0.3 is 0 Å². The molecular weight excluding hydrogens is 380 g/mol. The lowest BCUT2D eigenvalue weighted by molar-refractivity contribution is -0.136. The molecule has 1 aliphatic heterocycles. The predicted octanol–water partition coefficient (Wildman–Crippen LogP) is 4.01. The molecule has 3 rings (SSSR count). The van der Waals surface area contributed by atoms with E-state index in [1.165, 1.54) is 4.90 Å². The number of amides is 2. The average molecular weight is 408 g/mol. The monoisotopic (exact) mass is 408 g/mol. The lowest BCUT2D eigenvalue weighted by Gasteiger charge is -2.15. The van der Waals surface area contributed by atoms with Crippen molar-refractivity contribution < 1.29 is 19.1 Å². The van der Waals surface area contributed by atoms with Crippen molar-refractivity contribution in [3.05, 3.63) is 65.4 Å². The van der Waals surface area contributed by atoms with Crippen molar-refractivity contribution in [3.63, 3.8) is 0 Å². The molecule has 0 atom stereocenters. The van der Waals surface area contributed by atoms with Crippen LogP contribution in [0, 0.1) is 6.92 Å². The second kappa shape index (κ2) is 10.1. The molecule has 1 N–H and O–H groups in total. The molecule has 0 spiro atoms. The van der Waals surface area contributed by atoms with Crippen LogP contribution in [-0.2, 0) is 14.3 Å². The maximum absolute atomic E-state index is 13.1. The average Bonchev–Trinajstić information content (AvgIpc) is 2.97. The summed E-state index contributed by atoms with van der Waals surface area (Å²) >= 11 is 0. The molecule has 158 valence electrons. The van der Waals surface area contributed by atoms with Crippen molar-refractivity contribution in [1.29, 1.82) is 0 Å². The van der Waals surface area contributed by atoms with Crippen molar-refractivity contribution >= 4 is 23.1 Å². The Morgan fingerprint density at radius 3 is 2.47 bits per heavy atom. The number of nitrogens with one attached hydrogen (secondary N) is 1. The third kappa shape index (κ3) is 4.89. The van der Waals surface area contributed by atoms with Gasteiger partial charge in [-0.1, -0.05) is 42.8 Å². The number of benzene rings is 2. The van der Waals surface area contributed by atoms with Crippen LogP contribution in [0.5, 0.6) is 5.75 Å². The largest absolute Gasteiger partial charge is 0.494 e. The minimum Gasteiger partial charge on any atom is -0.494 e. The maximum atomic E-state index is 13.1. The van der Waals surface area contributed by atoms with Crippen molar-refractivity contribution in [3.8, 4) is 5.75 Å². The Morgan fingerprint density at radius 1 is 1.00 bits per heavy atom. The van der Waals surface area contributed by atoms with Crippen LogP contribution in [0.25, 0.3) is 5.57 Å². The summed E-state index contributed by atoms with van der Waals surface area (Å²) in [6, 6.07) is 15.0. The predicted molar refractivity (Wildman–Crippen MR) is 117 cm³/mol. The molecule has 6 nitrogen and oxygen atoms in total. The lowest BCUT2D eigenvalue weighted by Crippen LogP contribution is -2.33. The Bertz CT molecular complexity index is 934. The Morgan fingerprint density at radius 2 is 1.77 bits per heavy atom. The Balaban J connectivity index is 1.94. The van der Waals surface area contributed by atoms with Crippen LogP contribution < -0.4 is 10.1 Å². The standard InChI is InChI=1S/C24H28N2O4/c1-4-14-30-20-8-5-7-19(16-20)25-22-21(18-11-9-17(2)10-12-18)23(27)26(24(22)28)13-6-15-29-3/h5,7-12,16,25H,4,6,13-15H2,1-3H3. The summed E-state index contributed by atoms with van der Waals surface area (Å²) < 4.78 is 10.8. The molecule has 2 aromatic carbocycles. The molecule has 1 aliphatic rings. The summed E-state index contributed by atoms with van der Waals surface area (Å²) in [6.45, 7) is 5.44. The summed E-state index contributed by atoms with van der Waals surface area (Å²) in [5.74, 6) is 0.0976.